The number of fused-ring (bicyclic) bond motifs is 1. The van der Waals surface area contributed by atoms with Crippen LogP contribution in [0.5, 0.6) is 11.5 Å². The van der Waals surface area contributed by atoms with Gasteiger partial charge in [0, 0.05) is 25.2 Å². The quantitative estimate of drug-likeness (QED) is 0.845. The van der Waals surface area contributed by atoms with Crippen molar-refractivity contribution in [3.8, 4) is 11.5 Å². The highest BCUT2D eigenvalue weighted by Crippen LogP contribution is 2.29. The monoisotopic (exact) mass is 297 g/mol. The zero-order valence-corrected chi connectivity index (χ0v) is 13.3. The van der Waals surface area contributed by atoms with E-state index in [2.05, 4.69) is 29.2 Å². The van der Waals surface area contributed by atoms with Gasteiger partial charge in [0.1, 0.15) is 11.5 Å². The Balaban J connectivity index is 1.69. The summed E-state index contributed by atoms with van der Waals surface area (Å²) in [5.41, 5.74) is 4.11. The Morgan fingerprint density at radius 3 is 2.27 bits per heavy atom. The highest BCUT2D eigenvalue weighted by atomic mass is 16.5. The van der Waals surface area contributed by atoms with Crippen LogP contribution in [0.4, 0.5) is 0 Å². The molecule has 1 aliphatic rings. The molecule has 116 valence electrons. The second kappa shape index (κ2) is 6.84. The van der Waals surface area contributed by atoms with Crippen LogP contribution in [-0.2, 0) is 19.4 Å². The number of hydrogen-bond acceptors (Lipinski definition) is 3. The summed E-state index contributed by atoms with van der Waals surface area (Å²) in [6.45, 7) is 3.17. The fourth-order valence-corrected chi connectivity index (χ4v) is 3.19. The zero-order chi connectivity index (χ0) is 15.4. The van der Waals surface area contributed by atoms with E-state index in [0.717, 1.165) is 49.5 Å². The maximum Gasteiger partial charge on any atom is 0.125 e. The Hall–Kier alpha value is -2.00. The fraction of sp³-hybridized carbons (Fsp3) is 0.368. The van der Waals surface area contributed by atoms with Gasteiger partial charge in [-0.15, -0.1) is 0 Å². The third-order valence-electron chi connectivity index (χ3n) is 4.42. The average molecular weight is 297 g/mol. The summed E-state index contributed by atoms with van der Waals surface area (Å²) >= 11 is 0. The molecule has 0 spiro atoms. The van der Waals surface area contributed by atoms with Crippen molar-refractivity contribution in [2.24, 2.45) is 0 Å². The van der Waals surface area contributed by atoms with E-state index in [9.17, 15) is 0 Å². The van der Waals surface area contributed by atoms with E-state index in [-0.39, 0.29) is 0 Å². The molecule has 3 rings (SSSR count). The molecule has 0 saturated carbocycles. The Kier molecular flexibility index (Phi) is 4.64. The fourth-order valence-electron chi connectivity index (χ4n) is 3.19. The molecule has 0 radical (unpaired) electrons. The predicted octanol–water partition coefficient (Wildman–Crippen LogP) is 3.30. The molecule has 0 aromatic heterocycles. The van der Waals surface area contributed by atoms with Crippen molar-refractivity contribution in [3.05, 3.63) is 59.2 Å². The average Bonchev–Trinajstić information content (AvgIpc) is 2.59. The molecule has 1 heterocycles. The van der Waals surface area contributed by atoms with Crippen LogP contribution in [0, 0.1) is 0 Å². The zero-order valence-electron chi connectivity index (χ0n) is 13.3. The molecule has 0 saturated heterocycles. The summed E-state index contributed by atoms with van der Waals surface area (Å²) in [7, 11) is 3.44. The summed E-state index contributed by atoms with van der Waals surface area (Å²) in [5, 5.41) is 0. The van der Waals surface area contributed by atoms with Gasteiger partial charge in [-0.3, -0.25) is 4.90 Å². The van der Waals surface area contributed by atoms with Crippen molar-refractivity contribution < 1.29 is 9.47 Å². The topological polar surface area (TPSA) is 21.7 Å². The predicted molar refractivity (Wildman–Crippen MR) is 88.7 cm³/mol. The van der Waals surface area contributed by atoms with Crippen LogP contribution < -0.4 is 9.47 Å². The summed E-state index contributed by atoms with van der Waals surface area (Å²) < 4.78 is 11.0. The smallest absolute Gasteiger partial charge is 0.125 e. The number of hydrogen-bond donors (Lipinski definition) is 0. The lowest BCUT2D eigenvalue weighted by atomic mass is 9.99. The van der Waals surface area contributed by atoms with E-state index >= 15 is 0 Å². The van der Waals surface area contributed by atoms with E-state index in [4.69, 9.17) is 9.47 Å². The number of methoxy groups -OCH3 is 2. The van der Waals surface area contributed by atoms with E-state index < -0.39 is 0 Å². The van der Waals surface area contributed by atoms with Crippen molar-refractivity contribution in [2.75, 3.05) is 27.3 Å². The molecule has 2 aromatic rings. The van der Waals surface area contributed by atoms with Gasteiger partial charge in [-0.25, -0.2) is 0 Å². The first kappa shape index (κ1) is 14.9. The molecule has 2 aromatic carbocycles. The summed E-state index contributed by atoms with van der Waals surface area (Å²) in [4.78, 5) is 2.51. The molecule has 0 unspecified atom stereocenters. The van der Waals surface area contributed by atoms with Crippen LogP contribution in [0.2, 0.25) is 0 Å². The molecule has 3 nitrogen and oxygen atoms in total. The minimum Gasteiger partial charge on any atom is -0.496 e. The van der Waals surface area contributed by atoms with Gasteiger partial charge in [0.05, 0.1) is 14.2 Å². The maximum absolute atomic E-state index is 5.49. The summed E-state index contributed by atoms with van der Waals surface area (Å²) in [6.07, 6.45) is 2.08. The summed E-state index contributed by atoms with van der Waals surface area (Å²) in [5.74, 6) is 1.83. The second-order valence-electron chi connectivity index (χ2n) is 5.69. The third kappa shape index (κ3) is 3.09. The molecule has 0 amide bonds. The minimum absolute atomic E-state index is 0.914. The van der Waals surface area contributed by atoms with Crippen LogP contribution in [0.15, 0.2) is 42.5 Å². The van der Waals surface area contributed by atoms with Crippen molar-refractivity contribution >= 4 is 0 Å². The van der Waals surface area contributed by atoms with Gasteiger partial charge in [-0.05, 0) is 36.1 Å². The van der Waals surface area contributed by atoms with E-state index in [1.165, 1.54) is 11.1 Å². The third-order valence-corrected chi connectivity index (χ3v) is 4.42. The Labute approximate surface area is 132 Å². The van der Waals surface area contributed by atoms with Crippen LogP contribution >= 0.6 is 0 Å². The van der Waals surface area contributed by atoms with Gasteiger partial charge in [0.15, 0.2) is 0 Å². The Bertz CT molecular complexity index is 617. The van der Waals surface area contributed by atoms with Crippen LogP contribution in [0.25, 0.3) is 0 Å². The standard InChI is InChI=1S/C19H23NO2/c1-21-18-8-5-9-19(22-2)17(18)11-13-20-12-10-15-6-3-4-7-16(15)14-20/h3-9H,10-14H2,1-2H3. The highest BCUT2D eigenvalue weighted by Gasteiger charge is 2.17. The molecule has 0 fully saturated rings. The van der Waals surface area contributed by atoms with Gasteiger partial charge in [-0.2, -0.15) is 0 Å². The van der Waals surface area contributed by atoms with Gasteiger partial charge in [0.2, 0.25) is 0 Å². The van der Waals surface area contributed by atoms with Gasteiger partial charge >= 0.3 is 0 Å². The number of nitrogens with zero attached hydrogens (tertiary/aromatic N) is 1. The van der Waals surface area contributed by atoms with E-state index in [1.54, 1.807) is 14.2 Å². The SMILES string of the molecule is COc1cccc(OC)c1CCN1CCc2ccccc2C1. The van der Waals surface area contributed by atoms with Gasteiger partial charge < -0.3 is 9.47 Å². The number of benzene rings is 2. The van der Waals surface area contributed by atoms with Crippen molar-refractivity contribution in [1.82, 2.24) is 4.90 Å². The molecular weight excluding hydrogens is 274 g/mol. The van der Waals surface area contributed by atoms with Crippen molar-refractivity contribution in [2.45, 2.75) is 19.4 Å². The largest absolute Gasteiger partial charge is 0.496 e. The molecule has 22 heavy (non-hydrogen) atoms. The molecule has 3 heteroatoms. The molecular formula is C19H23NO2. The van der Waals surface area contributed by atoms with Crippen molar-refractivity contribution in [3.63, 3.8) is 0 Å². The molecule has 1 aliphatic heterocycles. The Morgan fingerprint density at radius 2 is 1.59 bits per heavy atom. The lowest BCUT2D eigenvalue weighted by molar-refractivity contribution is 0.255. The highest BCUT2D eigenvalue weighted by molar-refractivity contribution is 5.45. The number of ether oxygens (including phenoxy) is 2. The molecule has 0 aliphatic carbocycles. The van der Waals surface area contributed by atoms with Gasteiger partial charge in [-0.1, -0.05) is 30.3 Å². The first-order chi connectivity index (χ1) is 10.8. The molecule has 0 atom stereocenters. The normalized spacial score (nSPS) is 14.5. The van der Waals surface area contributed by atoms with E-state index in [0.29, 0.717) is 0 Å². The first-order valence-corrected chi connectivity index (χ1v) is 7.81. The lowest BCUT2D eigenvalue weighted by Gasteiger charge is -2.29. The van der Waals surface area contributed by atoms with Crippen LogP contribution in [0.1, 0.15) is 16.7 Å². The van der Waals surface area contributed by atoms with Crippen LogP contribution in [-0.4, -0.2) is 32.2 Å². The molecule has 0 bridgehead atoms. The second-order valence-corrected chi connectivity index (χ2v) is 5.69. The molecule has 0 N–H and O–H groups in total. The van der Waals surface area contributed by atoms with Crippen molar-refractivity contribution in [1.29, 1.82) is 0 Å². The first-order valence-electron chi connectivity index (χ1n) is 7.81. The van der Waals surface area contributed by atoms with Gasteiger partial charge in [0.25, 0.3) is 0 Å². The maximum atomic E-state index is 5.49. The Morgan fingerprint density at radius 1 is 0.909 bits per heavy atom. The minimum atomic E-state index is 0.914. The lowest BCUT2D eigenvalue weighted by Crippen LogP contribution is -2.32. The summed E-state index contributed by atoms with van der Waals surface area (Å²) in [6, 6.07) is 14.7. The van der Waals surface area contributed by atoms with Crippen LogP contribution in [0.3, 0.4) is 0 Å². The number of rotatable bonds is 5. The van der Waals surface area contributed by atoms with E-state index in [1.807, 2.05) is 18.2 Å².